The molecule has 6 aromatic heterocycles. The van der Waals surface area contributed by atoms with E-state index in [9.17, 15) is 0 Å². The Morgan fingerprint density at radius 1 is 0.370 bits per heavy atom. The normalized spacial score (nSPS) is 14.0. The van der Waals surface area contributed by atoms with Crippen LogP contribution in [0.2, 0.25) is 0 Å². The lowest BCUT2D eigenvalue weighted by atomic mass is 9.76. The molecule has 0 atom stereocenters. The number of nitrogens with zero attached hydrogens (tertiary/aromatic N) is 4. The first kappa shape index (κ1) is 29.3. The molecule has 7 heterocycles. The second kappa shape index (κ2) is 10.1. The van der Waals surface area contributed by atoms with Gasteiger partial charge < -0.3 is 4.74 Å². The van der Waals surface area contributed by atoms with Crippen LogP contribution in [-0.2, 0) is 5.41 Å². The van der Waals surface area contributed by atoms with Crippen molar-refractivity contribution < 1.29 is 4.74 Å². The Kier molecular flexibility index (Phi) is 5.49. The maximum atomic E-state index is 7.59. The highest BCUT2D eigenvalue weighted by molar-refractivity contribution is 7.52. The Bertz CT molecular complexity index is 3170. The molecule has 0 spiro atoms. The van der Waals surface area contributed by atoms with Gasteiger partial charge >= 0.3 is 0 Å². The van der Waals surface area contributed by atoms with Gasteiger partial charge in [-0.1, -0.05) is 111 Å². The van der Waals surface area contributed by atoms with Crippen LogP contribution >= 0.6 is 15.7 Å². The highest BCUT2D eigenvalue weighted by atomic mass is 31.1. The molecule has 13 rings (SSSR count). The highest BCUT2D eigenvalue weighted by Crippen LogP contribution is 2.61. The van der Waals surface area contributed by atoms with Crippen molar-refractivity contribution in [2.45, 2.75) is 19.3 Å². The Morgan fingerprint density at radius 2 is 0.685 bits per heavy atom. The van der Waals surface area contributed by atoms with Gasteiger partial charge in [-0.15, -0.1) is 0 Å². The first-order valence-electron chi connectivity index (χ1n) is 18.6. The van der Waals surface area contributed by atoms with Crippen LogP contribution in [0.1, 0.15) is 25.0 Å². The van der Waals surface area contributed by atoms with Gasteiger partial charge in [0, 0.05) is 38.1 Å². The fraction of sp³-hybridized carbons (Fsp3) is 0.0638. The molecule has 0 N–H and O–H groups in total. The van der Waals surface area contributed by atoms with E-state index in [1.165, 1.54) is 87.4 Å². The molecule has 256 valence electrons. The maximum Gasteiger partial charge on any atom is 0.145 e. The summed E-state index contributed by atoms with van der Waals surface area (Å²) in [7, 11) is -2.15. The second-order valence-corrected chi connectivity index (χ2v) is 18.9. The molecule has 5 nitrogen and oxygen atoms in total. The van der Waals surface area contributed by atoms with Crippen molar-refractivity contribution in [3.05, 3.63) is 169 Å². The van der Waals surface area contributed by atoms with E-state index in [4.69, 9.17) is 4.74 Å². The summed E-state index contributed by atoms with van der Waals surface area (Å²) in [5, 5.41) is 7.54. The minimum atomic E-state index is -1.08. The van der Waals surface area contributed by atoms with Crippen molar-refractivity contribution >= 4 is 81.4 Å². The number of ether oxygens (including phenoxy) is 1. The van der Waals surface area contributed by atoms with E-state index < -0.39 is 15.7 Å². The molecule has 0 unspecified atom stereocenters. The third kappa shape index (κ3) is 3.53. The van der Waals surface area contributed by atoms with Crippen LogP contribution in [0.25, 0.3) is 76.3 Å². The molecule has 1 aliphatic rings. The Labute approximate surface area is 311 Å². The van der Waals surface area contributed by atoms with E-state index in [-0.39, 0.29) is 5.41 Å². The van der Waals surface area contributed by atoms with Crippen molar-refractivity contribution in [3.8, 4) is 22.1 Å². The SMILES string of the molecule is CC1(C)c2cccc(-p3n4c5ccccc5cc4c4cc5ccccc5n43)c2Oc2c(-p3n4c5ccccc5cc4c4cc5ccccc5n43)cccc21. The number of hydrogen-bond acceptors (Lipinski definition) is 1. The zero-order valence-corrected chi connectivity index (χ0v) is 31.4. The molecule has 0 fully saturated rings. The lowest BCUT2D eigenvalue weighted by molar-refractivity contribution is 0.423. The van der Waals surface area contributed by atoms with Crippen molar-refractivity contribution in [1.29, 1.82) is 0 Å². The third-order valence-corrected chi connectivity index (χ3v) is 16.8. The van der Waals surface area contributed by atoms with E-state index >= 15 is 0 Å². The summed E-state index contributed by atoms with van der Waals surface area (Å²) in [4.78, 5) is 0. The molecular formula is C47H32N4OP2. The number of para-hydroxylation sites is 6. The minimum absolute atomic E-state index is 0.300. The van der Waals surface area contributed by atoms with Gasteiger partial charge in [0.1, 0.15) is 11.5 Å². The van der Waals surface area contributed by atoms with Gasteiger partial charge in [0.25, 0.3) is 0 Å². The number of benzene rings is 6. The average molecular weight is 731 g/mol. The van der Waals surface area contributed by atoms with Crippen molar-refractivity contribution in [1.82, 2.24) is 16.7 Å². The van der Waals surface area contributed by atoms with E-state index in [0.717, 1.165) is 11.5 Å². The summed E-state index contributed by atoms with van der Waals surface area (Å²) in [6.45, 7) is 4.76. The van der Waals surface area contributed by atoms with Crippen LogP contribution in [0, 0.1) is 0 Å². The summed E-state index contributed by atoms with van der Waals surface area (Å²) in [6.07, 6.45) is 0. The van der Waals surface area contributed by atoms with Gasteiger partial charge in [0.15, 0.2) is 0 Å². The van der Waals surface area contributed by atoms with Crippen molar-refractivity contribution in [2.24, 2.45) is 0 Å². The summed E-state index contributed by atoms with van der Waals surface area (Å²) in [5.74, 6) is 1.99. The summed E-state index contributed by atoms with van der Waals surface area (Å²) >= 11 is 0. The van der Waals surface area contributed by atoms with Crippen LogP contribution in [-0.4, -0.2) is 16.7 Å². The topological polar surface area (TPSA) is 26.9 Å². The first-order valence-corrected chi connectivity index (χ1v) is 21.0. The first-order chi connectivity index (χ1) is 26.6. The van der Waals surface area contributed by atoms with Gasteiger partial charge in [0.05, 0.1) is 70.4 Å². The molecule has 0 saturated carbocycles. The van der Waals surface area contributed by atoms with Crippen LogP contribution in [0.3, 0.4) is 0 Å². The van der Waals surface area contributed by atoms with E-state index in [1.807, 2.05) is 0 Å². The highest BCUT2D eigenvalue weighted by Gasteiger charge is 2.39. The maximum absolute atomic E-state index is 7.59. The van der Waals surface area contributed by atoms with E-state index in [1.54, 1.807) is 0 Å². The van der Waals surface area contributed by atoms with Crippen LogP contribution in [0.15, 0.2) is 158 Å². The largest absolute Gasteiger partial charge is 0.455 e. The smallest absolute Gasteiger partial charge is 0.145 e. The van der Waals surface area contributed by atoms with Gasteiger partial charge in [-0.05, 0) is 60.7 Å². The second-order valence-electron chi connectivity index (χ2n) is 15.2. The van der Waals surface area contributed by atoms with Crippen LogP contribution in [0.4, 0.5) is 0 Å². The summed E-state index contributed by atoms with van der Waals surface area (Å²) in [5.41, 5.74) is 12.2. The predicted octanol–water partition coefficient (Wildman–Crippen LogP) is 13.7. The third-order valence-electron chi connectivity index (χ3n) is 12.0. The molecule has 0 bridgehead atoms. The van der Waals surface area contributed by atoms with Crippen molar-refractivity contribution in [2.75, 3.05) is 0 Å². The molecule has 6 aromatic carbocycles. The van der Waals surface area contributed by atoms with Gasteiger partial charge in [0.2, 0.25) is 0 Å². The van der Waals surface area contributed by atoms with Crippen LogP contribution in [0.5, 0.6) is 11.5 Å². The zero-order valence-electron chi connectivity index (χ0n) is 29.6. The van der Waals surface area contributed by atoms with Gasteiger partial charge in [-0.2, -0.15) is 0 Å². The quantitative estimate of drug-likeness (QED) is 0.174. The molecule has 0 saturated heterocycles. The number of rotatable bonds is 2. The number of fused-ring (bicyclic) bond motifs is 16. The average Bonchev–Trinajstić information content (AvgIpc) is 4.03. The van der Waals surface area contributed by atoms with Gasteiger partial charge in [-0.25, -0.2) is 0 Å². The lowest BCUT2D eigenvalue weighted by Crippen LogP contribution is -2.24. The van der Waals surface area contributed by atoms with Gasteiger partial charge in [-0.3, -0.25) is 16.7 Å². The molecule has 0 radical (unpaired) electrons. The number of hydrogen-bond donors (Lipinski definition) is 0. The van der Waals surface area contributed by atoms with E-state index in [2.05, 4.69) is 188 Å². The Morgan fingerprint density at radius 3 is 1.02 bits per heavy atom. The lowest BCUT2D eigenvalue weighted by Gasteiger charge is -2.36. The molecule has 54 heavy (non-hydrogen) atoms. The standard InChI is InChI=1S/C47H32N4OP2/c1-47(2)33-17-11-23-43(53-48-35-19-7-3-13-29(35)25-39(48)40-26-30-14-4-8-20-36(30)49(40)53)45(33)52-46-34(47)18-12-24-44(46)54-50-37-21-9-5-15-31(37)27-41(50)42-28-32-16-6-10-22-38(32)51(42)54/h3-28H,1-2H3. The molecule has 0 aliphatic carbocycles. The molecule has 1 aliphatic heterocycles. The molecule has 12 aromatic rings. The minimum Gasteiger partial charge on any atom is -0.455 e. The molecular weight excluding hydrogens is 698 g/mol. The van der Waals surface area contributed by atoms with Crippen molar-refractivity contribution in [3.63, 3.8) is 0 Å². The Balaban J connectivity index is 1.15. The zero-order chi connectivity index (χ0) is 35.4. The molecule has 0 amide bonds. The fourth-order valence-corrected chi connectivity index (χ4v) is 14.9. The fourth-order valence-electron chi connectivity index (χ4n) is 9.53. The summed E-state index contributed by atoms with van der Waals surface area (Å²) in [6, 6.07) is 58.5. The van der Waals surface area contributed by atoms with Crippen LogP contribution < -0.4 is 4.74 Å². The molecule has 7 heteroatoms. The summed E-state index contributed by atoms with van der Waals surface area (Å²) < 4.78 is 18.0. The monoisotopic (exact) mass is 730 g/mol. The predicted molar refractivity (Wildman–Crippen MR) is 227 cm³/mol. The number of aromatic nitrogens is 4. The Hall–Kier alpha value is -6.12. The van der Waals surface area contributed by atoms with E-state index in [0.29, 0.717) is 0 Å².